The van der Waals surface area contributed by atoms with Gasteiger partial charge in [-0.3, -0.25) is 14.9 Å². The Bertz CT molecular complexity index is 750. The Balaban J connectivity index is 2.36. The van der Waals surface area contributed by atoms with E-state index in [0.29, 0.717) is 17.0 Å². The van der Waals surface area contributed by atoms with Gasteiger partial charge in [-0.25, -0.2) is 0 Å². The number of carbonyl (C=O) groups excluding carboxylic acids is 1. The van der Waals surface area contributed by atoms with E-state index in [1.807, 2.05) is 44.2 Å². The van der Waals surface area contributed by atoms with Crippen molar-refractivity contribution in [3.63, 3.8) is 0 Å². The van der Waals surface area contributed by atoms with E-state index in [9.17, 15) is 14.9 Å². The van der Waals surface area contributed by atoms with Crippen molar-refractivity contribution >= 4 is 23.4 Å². The number of hydrogen-bond donors (Lipinski definition) is 0. The second-order valence-corrected chi connectivity index (χ2v) is 6.67. The lowest BCUT2D eigenvalue weighted by molar-refractivity contribution is -0.387. The summed E-state index contributed by atoms with van der Waals surface area (Å²) in [6, 6.07) is 14.5. The van der Waals surface area contributed by atoms with E-state index in [0.717, 1.165) is 12.0 Å². The predicted molar refractivity (Wildman–Crippen MR) is 101 cm³/mol. The highest BCUT2D eigenvalue weighted by Gasteiger charge is 2.24. The van der Waals surface area contributed by atoms with Crippen LogP contribution in [0.25, 0.3) is 0 Å². The van der Waals surface area contributed by atoms with Gasteiger partial charge in [0, 0.05) is 24.2 Å². The summed E-state index contributed by atoms with van der Waals surface area (Å²) < 4.78 is 0. The zero-order valence-corrected chi connectivity index (χ0v) is 15.5. The van der Waals surface area contributed by atoms with Crippen molar-refractivity contribution in [1.29, 1.82) is 0 Å². The highest BCUT2D eigenvalue weighted by Crippen LogP contribution is 2.29. The third-order valence-corrected chi connectivity index (χ3v) is 4.99. The van der Waals surface area contributed by atoms with Gasteiger partial charge >= 0.3 is 0 Å². The Labute approximate surface area is 152 Å². The van der Waals surface area contributed by atoms with Crippen LogP contribution >= 0.6 is 11.8 Å². The van der Waals surface area contributed by atoms with Crippen LogP contribution in [0.4, 0.5) is 5.69 Å². The maximum absolute atomic E-state index is 13.0. The number of thioether (sulfide) groups is 1. The zero-order chi connectivity index (χ0) is 18.4. The molecule has 6 heteroatoms. The average molecular weight is 358 g/mol. The summed E-state index contributed by atoms with van der Waals surface area (Å²) in [5.41, 5.74) is 1.36. The van der Waals surface area contributed by atoms with Crippen molar-refractivity contribution in [2.75, 3.05) is 6.26 Å². The predicted octanol–water partition coefficient (Wildman–Crippen LogP) is 4.76. The van der Waals surface area contributed by atoms with Crippen LogP contribution in [0.3, 0.4) is 0 Å². The van der Waals surface area contributed by atoms with Crippen LogP contribution in [0.1, 0.15) is 36.2 Å². The van der Waals surface area contributed by atoms with Crippen molar-refractivity contribution in [3.8, 4) is 0 Å². The number of nitro groups is 1. The fourth-order valence-electron chi connectivity index (χ4n) is 2.56. The largest absolute Gasteiger partial charge is 0.332 e. The molecular formula is C19H22N2O3S. The molecule has 0 N–H and O–H groups in total. The van der Waals surface area contributed by atoms with Crippen molar-refractivity contribution in [2.24, 2.45) is 0 Å². The molecule has 0 aromatic heterocycles. The van der Waals surface area contributed by atoms with Crippen LogP contribution in [-0.4, -0.2) is 28.0 Å². The second kappa shape index (κ2) is 8.67. The molecule has 25 heavy (non-hydrogen) atoms. The molecule has 0 bridgehead atoms. The Morgan fingerprint density at radius 2 is 1.92 bits per heavy atom. The molecule has 5 nitrogen and oxygen atoms in total. The Kier molecular flexibility index (Phi) is 6.58. The number of hydrogen-bond acceptors (Lipinski definition) is 4. The lowest BCUT2D eigenvalue weighted by atomic mass is 10.1. The Hall–Kier alpha value is -2.34. The number of amides is 1. The third kappa shape index (κ3) is 4.60. The molecule has 2 aromatic rings. The maximum atomic E-state index is 13.0. The number of nitrogens with zero attached hydrogens (tertiary/aromatic N) is 2. The quantitative estimate of drug-likeness (QED) is 0.407. The molecule has 2 rings (SSSR count). The molecule has 1 unspecified atom stereocenters. The van der Waals surface area contributed by atoms with Gasteiger partial charge in [0.05, 0.1) is 9.82 Å². The van der Waals surface area contributed by atoms with E-state index in [4.69, 9.17) is 0 Å². The van der Waals surface area contributed by atoms with Gasteiger partial charge in [0.25, 0.3) is 11.6 Å². The normalized spacial score (nSPS) is 11.8. The van der Waals surface area contributed by atoms with E-state index in [1.54, 1.807) is 23.3 Å². The molecule has 0 saturated heterocycles. The van der Waals surface area contributed by atoms with Gasteiger partial charge in [-0.2, -0.15) is 0 Å². The van der Waals surface area contributed by atoms with Crippen LogP contribution in [0, 0.1) is 10.1 Å². The standard InChI is InChI=1S/C19H22N2O3S/c1-4-14(2)20(13-15-8-6-5-7-9-15)19(22)16-10-11-18(25-3)17(12-16)21(23)24/h5-12,14H,4,13H2,1-3H3. The summed E-state index contributed by atoms with van der Waals surface area (Å²) in [6.07, 6.45) is 2.59. The summed E-state index contributed by atoms with van der Waals surface area (Å²) in [6.45, 7) is 4.49. The molecule has 0 aliphatic rings. The smallest absolute Gasteiger partial charge is 0.283 e. The first-order valence-corrected chi connectivity index (χ1v) is 9.37. The topological polar surface area (TPSA) is 63.5 Å². The molecular weight excluding hydrogens is 336 g/mol. The second-order valence-electron chi connectivity index (χ2n) is 5.82. The summed E-state index contributed by atoms with van der Waals surface area (Å²) in [5, 5.41) is 11.3. The zero-order valence-electron chi connectivity index (χ0n) is 14.6. The van der Waals surface area contributed by atoms with E-state index in [1.165, 1.54) is 17.8 Å². The molecule has 1 amide bonds. The number of rotatable bonds is 7. The van der Waals surface area contributed by atoms with Crippen LogP contribution in [-0.2, 0) is 6.54 Å². The minimum Gasteiger partial charge on any atom is -0.332 e. The molecule has 132 valence electrons. The summed E-state index contributed by atoms with van der Waals surface area (Å²) >= 11 is 1.30. The van der Waals surface area contributed by atoms with E-state index in [2.05, 4.69) is 0 Å². The molecule has 0 fully saturated rings. The van der Waals surface area contributed by atoms with Crippen molar-refractivity contribution in [3.05, 3.63) is 69.8 Å². The fourth-order valence-corrected chi connectivity index (χ4v) is 3.11. The fraction of sp³-hybridized carbons (Fsp3) is 0.316. The van der Waals surface area contributed by atoms with Gasteiger partial charge in [0.2, 0.25) is 0 Å². The van der Waals surface area contributed by atoms with Crippen molar-refractivity contribution < 1.29 is 9.72 Å². The molecule has 0 heterocycles. The summed E-state index contributed by atoms with van der Waals surface area (Å²) in [7, 11) is 0. The van der Waals surface area contributed by atoms with Gasteiger partial charge in [-0.15, -0.1) is 11.8 Å². The van der Waals surface area contributed by atoms with Gasteiger partial charge in [0.15, 0.2) is 0 Å². The maximum Gasteiger partial charge on any atom is 0.283 e. The first-order valence-electron chi connectivity index (χ1n) is 8.15. The monoisotopic (exact) mass is 358 g/mol. The summed E-state index contributed by atoms with van der Waals surface area (Å²) in [5.74, 6) is -0.186. The van der Waals surface area contributed by atoms with Crippen LogP contribution in [0.15, 0.2) is 53.4 Å². The molecule has 2 aromatic carbocycles. The number of nitro benzene ring substituents is 1. The third-order valence-electron chi connectivity index (χ3n) is 4.20. The molecule has 0 aliphatic carbocycles. The van der Waals surface area contributed by atoms with E-state index in [-0.39, 0.29) is 17.6 Å². The average Bonchev–Trinajstić information content (AvgIpc) is 2.65. The van der Waals surface area contributed by atoms with Gasteiger partial charge in [-0.1, -0.05) is 37.3 Å². The molecule has 0 spiro atoms. The number of benzene rings is 2. The Morgan fingerprint density at radius 3 is 2.48 bits per heavy atom. The molecule has 0 aliphatic heterocycles. The molecule has 0 saturated carbocycles. The highest BCUT2D eigenvalue weighted by molar-refractivity contribution is 7.98. The first-order chi connectivity index (χ1) is 12.0. The van der Waals surface area contributed by atoms with Gasteiger partial charge in [0.1, 0.15) is 0 Å². The first kappa shape index (κ1) is 19.0. The van der Waals surface area contributed by atoms with Crippen LogP contribution in [0.5, 0.6) is 0 Å². The number of carbonyl (C=O) groups is 1. The highest BCUT2D eigenvalue weighted by atomic mass is 32.2. The molecule has 1 atom stereocenters. The van der Waals surface area contributed by atoms with Crippen molar-refractivity contribution in [2.45, 2.75) is 37.8 Å². The van der Waals surface area contributed by atoms with Crippen LogP contribution < -0.4 is 0 Å². The minimum absolute atomic E-state index is 0.0258. The van der Waals surface area contributed by atoms with E-state index >= 15 is 0 Å². The lowest BCUT2D eigenvalue weighted by Gasteiger charge is -2.29. The summed E-state index contributed by atoms with van der Waals surface area (Å²) in [4.78, 5) is 26.2. The van der Waals surface area contributed by atoms with E-state index < -0.39 is 4.92 Å². The minimum atomic E-state index is -0.437. The van der Waals surface area contributed by atoms with Gasteiger partial charge in [-0.05, 0) is 37.3 Å². The van der Waals surface area contributed by atoms with Crippen molar-refractivity contribution in [1.82, 2.24) is 4.90 Å². The SMILES string of the molecule is CCC(C)N(Cc1ccccc1)C(=O)c1ccc(SC)c([N+](=O)[O-])c1. The lowest BCUT2D eigenvalue weighted by Crippen LogP contribution is -2.37. The van der Waals surface area contributed by atoms with Crippen LogP contribution in [0.2, 0.25) is 0 Å². The van der Waals surface area contributed by atoms with Gasteiger partial charge < -0.3 is 4.90 Å². The molecule has 0 radical (unpaired) electrons. The Morgan fingerprint density at radius 1 is 1.24 bits per heavy atom.